The van der Waals surface area contributed by atoms with E-state index >= 15 is 0 Å². The molecule has 1 aliphatic heterocycles. The fourth-order valence-electron chi connectivity index (χ4n) is 5.20. The van der Waals surface area contributed by atoms with E-state index in [2.05, 4.69) is 15.2 Å². The molecule has 0 amide bonds. The molecule has 1 fully saturated rings. The number of aryl methyl sites for hydroxylation is 1. The van der Waals surface area contributed by atoms with Gasteiger partial charge in [-0.1, -0.05) is 23.2 Å². The lowest BCUT2D eigenvalue weighted by atomic mass is 9.89. The molecule has 2 aromatic heterocycles. The first-order chi connectivity index (χ1) is 20.6. The minimum absolute atomic E-state index is 0.0370. The summed E-state index contributed by atoms with van der Waals surface area (Å²) in [5.74, 6) is -4.22. The Balaban J connectivity index is 1.64. The van der Waals surface area contributed by atoms with Gasteiger partial charge in [0.05, 0.1) is 33.6 Å². The smallest absolute Gasteiger partial charge is 0.391 e. The molecule has 0 radical (unpaired) electrons. The Morgan fingerprint density at radius 3 is 2.43 bits per heavy atom. The van der Waals surface area contributed by atoms with Crippen LogP contribution in [-0.4, -0.2) is 66.3 Å². The van der Waals surface area contributed by atoms with Crippen LogP contribution in [0.5, 0.6) is 0 Å². The van der Waals surface area contributed by atoms with E-state index in [1.807, 2.05) is 0 Å². The summed E-state index contributed by atoms with van der Waals surface area (Å²) in [7, 11) is 1.27. The van der Waals surface area contributed by atoms with Crippen LogP contribution in [0.4, 0.5) is 26.3 Å². The van der Waals surface area contributed by atoms with Crippen molar-refractivity contribution < 1.29 is 46.0 Å². The highest BCUT2D eigenvalue weighted by Crippen LogP contribution is 2.43. The number of alkyl halides is 3. The molecule has 9 nitrogen and oxygen atoms in total. The highest BCUT2D eigenvalue weighted by atomic mass is 35.5. The first-order valence-corrected chi connectivity index (χ1v) is 13.6. The minimum atomic E-state index is -5.04. The molecule has 3 heterocycles. The van der Waals surface area contributed by atoms with Gasteiger partial charge in [-0.25, -0.2) is 22.8 Å². The molecule has 2 N–H and O–H groups in total. The van der Waals surface area contributed by atoms with Crippen molar-refractivity contribution in [1.29, 1.82) is 0 Å². The Morgan fingerprint density at radius 2 is 1.80 bits per heavy atom. The fraction of sp³-hybridized carbons (Fsp3) is 0.370. The monoisotopic (exact) mass is 665 g/mol. The molecular formula is C27H23Cl2F6N5O4. The quantitative estimate of drug-likeness (QED) is 0.203. The highest BCUT2D eigenvalue weighted by molar-refractivity contribution is 6.31. The van der Waals surface area contributed by atoms with Gasteiger partial charge in [0.25, 0.3) is 0 Å². The average Bonchev–Trinajstić information content (AvgIpc) is 3.58. The van der Waals surface area contributed by atoms with Gasteiger partial charge in [-0.3, -0.25) is 4.68 Å². The summed E-state index contributed by atoms with van der Waals surface area (Å²) in [4.78, 5) is 4.20. The number of halogens is 8. The molecule has 0 bridgehead atoms. The molecule has 5 rings (SSSR count). The first kappa shape index (κ1) is 32.2. The summed E-state index contributed by atoms with van der Waals surface area (Å²) in [5.41, 5.74) is -2.23. The Morgan fingerprint density at radius 1 is 1.09 bits per heavy atom. The van der Waals surface area contributed by atoms with Crippen molar-refractivity contribution in [1.82, 2.24) is 24.5 Å². The Bertz CT molecular complexity index is 1700. The average molecular weight is 666 g/mol. The van der Waals surface area contributed by atoms with E-state index in [0.717, 1.165) is 10.7 Å². The summed E-state index contributed by atoms with van der Waals surface area (Å²) in [6.45, 7) is 2.73. The van der Waals surface area contributed by atoms with Gasteiger partial charge in [0.1, 0.15) is 42.1 Å². The van der Waals surface area contributed by atoms with Crippen molar-refractivity contribution in [3.05, 3.63) is 81.4 Å². The molecule has 1 saturated heterocycles. The number of methoxy groups -OCH3 is 1. The van der Waals surface area contributed by atoms with E-state index in [1.165, 1.54) is 44.1 Å². The van der Waals surface area contributed by atoms with Gasteiger partial charge in [0.2, 0.25) is 0 Å². The number of nitrogens with zero attached hydrogens (tertiary/aromatic N) is 5. The van der Waals surface area contributed by atoms with Crippen LogP contribution in [0.15, 0.2) is 36.7 Å². The number of rotatable bonds is 6. The van der Waals surface area contributed by atoms with E-state index in [-0.39, 0.29) is 28.8 Å². The number of hydrogen-bond donors (Lipinski definition) is 2. The summed E-state index contributed by atoms with van der Waals surface area (Å²) in [5, 5.41) is 29.5. The molecule has 0 spiro atoms. The van der Waals surface area contributed by atoms with E-state index in [1.54, 1.807) is 0 Å². The van der Waals surface area contributed by atoms with E-state index in [9.17, 15) is 36.6 Å². The predicted octanol–water partition coefficient (Wildman–Crippen LogP) is 5.62. The second-order valence-electron chi connectivity index (χ2n) is 10.1. The number of aliphatic hydroxyl groups excluding tert-OH is 2. The molecule has 44 heavy (non-hydrogen) atoms. The molecule has 3 unspecified atom stereocenters. The molecule has 4 aromatic rings. The van der Waals surface area contributed by atoms with Crippen molar-refractivity contribution >= 4 is 23.2 Å². The van der Waals surface area contributed by atoms with Gasteiger partial charge in [0, 0.05) is 24.4 Å². The van der Waals surface area contributed by atoms with E-state index in [4.69, 9.17) is 32.7 Å². The lowest BCUT2D eigenvalue weighted by Crippen LogP contribution is -2.56. The van der Waals surface area contributed by atoms with Crippen molar-refractivity contribution in [2.45, 2.75) is 56.6 Å². The summed E-state index contributed by atoms with van der Waals surface area (Å²) >= 11 is 11.5. The van der Waals surface area contributed by atoms with Crippen LogP contribution in [0.1, 0.15) is 36.3 Å². The van der Waals surface area contributed by atoms with E-state index in [0.29, 0.717) is 6.07 Å². The van der Waals surface area contributed by atoms with Gasteiger partial charge in [-0.2, -0.15) is 23.4 Å². The zero-order chi connectivity index (χ0) is 32.2. The molecule has 0 aliphatic carbocycles. The lowest BCUT2D eigenvalue weighted by molar-refractivity contribution is -0.230. The molecule has 0 saturated carbocycles. The Kier molecular flexibility index (Phi) is 8.74. The third-order valence-corrected chi connectivity index (χ3v) is 7.77. The Labute approximate surface area is 255 Å². The highest BCUT2D eigenvalue weighted by Gasteiger charge is 2.51. The van der Waals surface area contributed by atoms with Gasteiger partial charge < -0.3 is 19.7 Å². The topological polar surface area (TPSA) is 107 Å². The second kappa shape index (κ2) is 11.9. The molecule has 17 heteroatoms. The maximum absolute atomic E-state index is 14.7. The third kappa shape index (κ3) is 5.68. The first-order valence-electron chi connectivity index (χ1n) is 12.9. The summed E-state index contributed by atoms with van der Waals surface area (Å²) in [6, 6.07) is 2.09. The number of hydrogen-bond acceptors (Lipinski definition) is 7. The van der Waals surface area contributed by atoms with Crippen LogP contribution in [0, 0.1) is 24.4 Å². The maximum atomic E-state index is 14.7. The summed E-state index contributed by atoms with van der Waals surface area (Å²) in [6.07, 6.45) is -9.45. The van der Waals surface area contributed by atoms with Crippen molar-refractivity contribution in [3.8, 4) is 16.8 Å². The lowest BCUT2D eigenvalue weighted by Gasteiger charge is -2.45. The Hall–Kier alpha value is -3.21. The van der Waals surface area contributed by atoms with Crippen LogP contribution < -0.4 is 0 Å². The largest absolute Gasteiger partial charge is 0.418 e. The number of benzene rings is 2. The van der Waals surface area contributed by atoms with Crippen molar-refractivity contribution in [2.75, 3.05) is 7.11 Å². The van der Waals surface area contributed by atoms with E-state index < -0.39 is 81.5 Å². The van der Waals surface area contributed by atoms with Crippen LogP contribution in [0.25, 0.3) is 16.8 Å². The minimum Gasteiger partial charge on any atom is -0.391 e. The van der Waals surface area contributed by atoms with Gasteiger partial charge >= 0.3 is 6.18 Å². The van der Waals surface area contributed by atoms with Crippen LogP contribution >= 0.6 is 23.2 Å². The fourth-order valence-corrected chi connectivity index (χ4v) is 5.50. The number of aliphatic hydroxyl groups is 2. The maximum Gasteiger partial charge on any atom is 0.418 e. The molecule has 1 aliphatic rings. The number of ether oxygens (including phenoxy) is 2. The van der Waals surface area contributed by atoms with Crippen LogP contribution in [-0.2, 0) is 15.7 Å². The second-order valence-corrected chi connectivity index (χ2v) is 10.9. The molecule has 236 valence electrons. The third-order valence-electron chi connectivity index (χ3n) is 7.19. The zero-order valence-corrected chi connectivity index (χ0v) is 24.4. The number of aromatic nitrogens is 5. The van der Waals surface area contributed by atoms with Crippen molar-refractivity contribution in [3.63, 3.8) is 0 Å². The van der Waals surface area contributed by atoms with Gasteiger partial charge in [0.15, 0.2) is 17.5 Å². The van der Waals surface area contributed by atoms with Gasteiger partial charge in [-0.05, 0) is 38.1 Å². The zero-order valence-electron chi connectivity index (χ0n) is 22.9. The molecule has 6 atom stereocenters. The molecular weight excluding hydrogens is 643 g/mol. The SMILES string of the molecule is CO[C@H]1C(C(C)O)O[C@@H](c2nc(C)nn2-c2cc(Cl)c(F)cc2C(F)(F)F)[C@@H](O)C1n1cc(-c2ccc(Cl)c(F)c2F)cn1. The van der Waals surface area contributed by atoms with Crippen LogP contribution in [0.2, 0.25) is 10.0 Å². The summed E-state index contributed by atoms with van der Waals surface area (Å²) < 4.78 is 98.5. The standard InChI is InChI=1S/C27H23Cl2F6N5O4/c1-10(41)23-24(43-3)21(39-9-12(8-36-39)13-4-5-15(28)20(32)19(13)31)22(42)25(44-23)26-37-11(2)38-40(26)18-7-16(29)17(30)6-14(18)27(33,34)35/h4-10,21-25,41-42H,1-3H3/t10?,21?,22-,23?,24+,25+/m0/s1. The van der Waals surface area contributed by atoms with Gasteiger partial charge in [-0.15, -0.1) is 0 Å². The van der Waals surface area contributed by atoms with Crippen LogP contribution in [0.3, 0.4) is 0 Å². The normalized spacial score (nSPS) is 23.2. The molecule has 2 aromatic carbocycles. The predicted molar refractivity (Wildman–Crippen MR) is 144 cm³/mol. The van der Waals surface area contributed by atoms with Crippen molar-refractivity contribution in [2.24, 2.45) is 0 Å².